The van der Waals surface area contributed by atoms with E-state index in [0.717, 1.165) is 10.4 Å². The lowest BCUT2D eigenvalue weighted by molar-refractivity contribution is 1.23. The van der Waals surface area contributed by atoms with Gasteiger partial charge in [0.2, 0.25) is 0 Å². The number of nitrogens with zero attached hydrogens (tertiary/aromatic N) is 1. The number of hydrogen-bond acceptors (Lipinski definition) is 2. The van der Waals surface area contributed by atoms with Crippen molar-refractivity contribution in [2.75, 3.05) is 0 Å². The molecule has 0 atom stereocenters. The van der Waals surface area contributed by atoms with E-state index in [0.29, 0.717) is 0 Å². The Morgan fingerprint density at radius 1 is 1.20 bits per heavy atom. The molecular weight excluding hydrogens is 202 g/mol. The molecule has 0 saturated heterocycles. The minimum absolute atomic E-state index is 1.03. The van der Waals surface area contributed by atoms with Crippen LogP contribution in [0.2, 0.25) is 0 Å². The monoisotopic (exact) mass is 225 g/mol. The number of hydrogen-bond donors (Lipinski definition) is 0. The largest absolute Gasteiger partial charge is 0.242 e. The lowest BCUT2D eigenvalue weighted by Crippen LogP contribution is -2.19. The Morgan fingerprint density at radius 2 is 1.73 bits per heavy atom. The van der Waals surface area contributed by atoms with E-state index in [9.17, 15) is 0 Å². The Labute approximate surface area is 97.9 Å². The van der Waals surface area contributed by atoms with Crippen molar-refractivity contribution in [1.29, 1.82) is 0 Å². The van der Waals surface area contributed by atoms with Crippen LogP contribution < -0.4 is 9.88 Å². The molecule has 0 aromatic carbocycles. The van der Waals surface area contributed by atoms with Crippen molar-refractivity contribution in [2.45, 2.75) is 41.5 Å². The Morgan fingerprint density at radius 3 is 2.13 bits per heavy atom. The fourth-order valence-electron chi connectivity index (χ4n) is 0.897. The minimum Gasteiger partial charge on any atom is -0.242 e. The van der Waals surface area contributed by atoms with Crippen LogP contribution >= 0.6 is 11.3 Å². The second-order valence-corrected chi connectivity index (χ2v) is 3.41. The number of aryl methyl sites for hydroxylation is 1. The van der Waals surface area contributed by atoms with E-state index in [1.165, 1.54) is 4.53 Å². The maximum atomic E-state index is 4.33. The highest BCUT2D eigenvalue weighted by Gasteiger charge is 1.90. The molecule has 0 saturated carbocycles. The molecule has 0 aliphatic rings. The van der Waals surface area contributed by atoms with Gasteiger partial charge in [-0.15, -0.1) is 11.3 Å². The van der Waals surface area contributed by atoms with E-state index in [1.54, 1.807) is 17.4 Å². The SMILES string of the molecule is C=C/C=c1/nc(C)s/c1=C/C.CC.CC. The van der Waals surface area contributed by atoms with Crippen LogP contribution in [0, 0.1) is 6.92 Å². The fraction of sp³-hybridized carbons (Fsp3) is 0.462. The van der Waals surface area contributed by atoms with Crippen LogP contribution in [0.5, 0.6) is 0 Å². The van der Waals surface area contributed by atoms with Crippen molar-refractivity contribution >= 4 is 23.5 Å². The molecule has 0 fully saturated rings. The van der Waals surface area contributed by atoms with Crippen molar-refractivity contribution in [1.82, 2.24) is 4.98 Å². The Bertz CT molecular complexity index is 360. The first-order chi connectivity index (χ1) is 7.27. The summed E-state index contributed by atoms with van der Waals surface area (Å²) in [5.74, 6) is 0. The van der Waals surface area contributed by atoms with Crippen LogP contribution in [0.25, 0.3) is 12.2 Å². The van der Waals surface area contributed by atoms with E-state index in [2.05, 4.69) is 17.6 Å². The molecule has 1 aromatic heterocycles. The van der Waals surface area contributed by atoms with E-state index in [-0.39, 0.29) is 0 Å². The summed E-state index contributed by atoms with van der Waals surface area (Å²) in [5, 5.41) is 2.14. The highest BCUT2D eigenvalue weighted by Crippen LogP contribution is 1.89. The molecule has 1 aromatic rings. The van der Waals surface area contributed by atoms with E-state index < -0.39 is 0 Å². The first-order valence-corrected chi connectivity index (χ1v) is 6.32. The zero-order valence-electron chi connectivity index (χ0n) is 10.8. The topological polar surface area (TPSA) is 12.9 Å². The molecule has 0 radical (unpaired) electrons. The lowest BCUT2D eigenvalue weighted by atomic mass is 10.5. The van der Waals surface area contributed by atoms with Gasteiger partial charge in [-0.05, 0) is 19.9 Å². The first-order valence-electron chi connectivity index (χ1n) is 5.50. The second-order valence-electron chi connectivity index (χ2n) is 2.17. The number of rotatable bonds is 1. The van der Waals surface area contributed by atoms with Gasteiger partial charge in [-0.1, -0.05) is 46.4 Å². The van der Waals surface area contributed by atoms with Crippen molar-refractivity contribution in [3.05, 3.63) is 27.5 Å². The maximum Gasteiger partial charge on any atom is 0.0907 e. The summed E-state index contributed by atoms with van der Waals surface area (Å²) in [6, 6.07) is 0. The van der Waals surface area contributed by atoms with Crippen LogP contribution in [0.3, 0.4) is 0 Å². The molecule has 86 valence electrons. The third-order valence-corrected chi connectivity index (χ3v) is 2.38. The van der Waals surface area contributed by atoms with Gasteiger partial charge in [0.15, 0.2) is 0 Å². The standard InChI is InChI=1S/C9H11NS.2C2H6/c1-4-6-8-9(5-2)11-7(3)10-8;2*1-2/h4-6H,1H2,2-3H3;2*1-2H3/b8-6+,9-5+;;. The van der Waals surface area contributed by atoms with Gasteiger partial charge in [0.1, 0.15) is 0 Å². The second kappa shape index (κ2) is 11.2. The smallest absolute Gasteiger partial charge is 0.0907 e. The summed E-state index contributed by atoms with van der Waals surface area (Å²) in [7, 11) is 0. The maximum absolute atomic E-state index is 4.33. The third kappa shape index (κ3) is 6.24. The van der Waals surface area contributed by atoms with Gasteiger partial charge < -0.3 is 0 Å². The van der Waals surface area contributed by atoms with Crippen LogP contribution in [0.4, 0.5) is 0 Å². The van der Waals surface area contributed by atoms with Gasteiger partial charge in [0.05, 0.1) is 14.9 Å². The molecule has 0 aliphatic carbocycles. The third-order valence-electron chi connectivity index (χ3n) is 1.33. The summed E-state index contributed by atoms with van der Waals surface area (Å²) >= 11 is 1.71. The van der Waals surface area contributed by atoms with Gasteiger partial charge in [-0.25, -0.2) is 4.98 Å². The van der Waals surface area contributed by atoms with Crippen LogP contribution in [0.1, 0.15) is 39.6 Å². The minimum atomic E-state index is 1.03. The molecule has 1 heterocycles. The molecule has 0 aliphatic heterocycles. The number of aromatic nitrogens is 1. The van der Waals surface area contributed by atoms with Crippen molar-refractivity contribution in [3.8, 4) is 0 Å². The summed E-state index contributed by atoms with van der Waals surface area (Å²) in [6.45, 7) is 15.7. The molecule has 0 spiro atoms. The summed E-state index contributed by atoms with van der Waals surface area (Å²) in [4.78, 5) is 4.33. The van der Waals surface area contributed by atoms with Crippen molar-refractivity contribution < 1.29 is 0 Å². The Hall–Kier alpha value is -0.890. The number of allylic oxidation sites excluding steroid dienone is 1. The Kier molecular flexibility index (Phi) is 12.3. The van der Waals surface area contributed by atoms with E-state index >= 15 is 0 Å². The molecular formula is C13H23NS. The van der Waals surface area contributed by atoms with Crippen molar-refractivity contribution in [3.63, 3.8) is 0 Å². The molecule has 1 nitrogen and oxygen atoms in total. The average Bonchev–Trinajstić information content (AvgIpc) is 2.65. The normalized spacial score (nSPS) is 11.1. The Balaban J connectivity index is 0. The zero-order valence-corrected chi connectivity index (χ0v) is 11.6. The molecule has 2 heteroatoms. The van der Waals surface area contributed by atoms with Gasteiger partial charge in [0.25, 0.3) is 0 Å². The number of thiazole rings is 1. The molecule has 0 unspecified atom stereocenters. The van der Waals surface area contributed by atoms with Crippen LogP contribution in [0.15, 0.2) is 12.7 Å². The summed E-state index contributed by atoms with van der Waals surface area (Å²) in [6.07, 6.45) is 5.76. The summed E-state index contributed by atoms with van der Waals surface area (Å²) in [5.41, 5.74) is 0. The fourth-order valence-corrected chi connectivity index (χ4v) is 1.70. The molecule has 0 N–H and O–H groups in total. The first kappa shape index (κ1) is 16.5. The van der Waals surface area contributed by atoms with Gasteiger partial charge in [0, 0.05) is 0 Å². The molecule has 0 amide bonds. The van der Waals surface area contributed by atoms with Gasteiger partial charge >= 0.3 is 0 Å². The summed E-state index contributed by atoms with van der Waals surface area (Å²) < 4.78 is 1.22. The molecule has 1 rings (SSSR count). The highest BCUT2D eigenvalue weighted by atomic mass is 32.1. The van der Waals surface area contributed by atoms with Crippen LogP contribution in [-0.2, 0) is 0 Å². The van der Waals surface area contributed by atoms with Gasteiger partial charge in [-0.2, -0.15) is 0 Å². The van der Waals surface area contributed by atoms with Gasteiger partial charge in [-0.3, -0.25) is 0 Å². The quantitative estimate of drug-likeness (QED) is 0.715. The zero-order chi connectivity index (χ0) is 12.3. The van der Waals surface area contributed by atoms with E-state index in [4.69, 9.17) is 0 Å². The van der Waals surface area contributed by atoms with Crippen LogP contribution in [-0.4, -0.2) is 4.98 Å². The molecule has 0 bridgehead atoms. The predicted molar refractivity (Wildman–Crippen MR) is 73.6 cm³/mol. The lowest BCUT2D eigenvalue weighted by Gasteiger charge is -1.71. The average molecular weight is 225 g/mol. The highest BCUT2D eigenvalue weighted by molar-refractivity contribution is 7.09. The molecule has 15 heavy (non-hydrogen) atoms. The van der Waals surface area contributed by atoms with Crippen molar-refractivity contribution in [2.24, 2.45) is 0 Å². The predicted octanol–water partition coefficient (Wildman–Crippen LogP) is 3.27. The van der Waals surface area contributed by atoms with E-state index in [1.807, 2.05) is 47.6 Å².